The Morgan fingerprint density at radius 1 is 1.13 bits per heavy atom. The van der Waals surface area contributed by atoms with Gasteiger partial charge in [0.15, 0.2) is 0 Å². The molecular weight excluding hydrogens is 312 g/mol. The molecule has 0 bridgehead atoms. The summed E-state index contributed by atoms with van der Waals surface area (Å²) in [4.78, 5) is 11.4. The van der Waals surface area contributed by atoms with Crippen molar-refractivity contribution >= 4 is 27.3 Å². The number of anilines is 2. The zero-order valence-corrected chi connectivity index (χ0v) is 14.2. The van der Waals surface area contributed by atoms with E-state index in [1.54, 1.807) is 50.2 Å². The van der Waals surface area contributed by atoms with Gasteiger partial charge in [0.1, 0.15) is 0 Å². The average molecular weight is 332 g/mol. The highest BCUT2D eigenvalue weighted by Crippen LogP contribution is 2.27. The molecule has 0 aliphatic heterocycles. The smallest absolute Gasteiger partial charge is 0.264 e. The Bertz CT molecular complexity index is 802. The van der Waals surface area contributed by atoms with Gasteiger partial charge in [-0.2, -0.15) is 0 Å². The minimum Gasteiger partial charge on any atom is -0.326 e. The van der Waals surface area contributed by atoms with Crippen LogP contribution >= 0.6 is 0 Å². The number of aryl methyl sites for hydroxylation is 1. The van der Waals surface area contributed by atoms with Crippen molar-refractivity contribution in [3.05, 3.63) is 54.1 Å². The number of hydrogen-bond acceptors (Lipinski definition) is 3. The number of carbonyl (C=O) groups excluding carboxylic acids is 1. The van der Waals surface area contributed by atoms with Crippen molar-refractivity contribution in [3.8, 4) is 0 Å². The van der Waals surface area contributed by atoms with Gasteiger partial charge in [-0.1, -0.05) is 24.3 Å². The van der Waals surface area contributed by atoms with Crippen LogP contribution < -0.4 is 9.62 Å². The molecule has 0 radical (unpaired) electrons. The molecule has 0 saturated heterocycles. The van der Waals surface area contributed by atoms with Crippen molar-refractivity contribution in [3.63, 3.8) is 0 Å². The van der Waals surface area contributed by atoms with E-state index in [2.05, 4.69) is 5.32 Å². The predicted molar refractivity (Wildman–Crippen MR) is 92.1 cm³/mol. The fraction of sp³-hybridized carbons (Fsp3) is 0.235. The summed E-state index contributed by atoms with van der Waals surface area (Å²) in [6.07, 6.45) is 0. The van der Waals surface area contributed by atoms with E-state index in [0.717, 1.165) is 0 Å². The molecule has 23 heavy (non-hydrogen) atoms. The SMILES string of the molecule is CCN(c1ccccc1)S(=O)(=O)c1cc(NC(C)=O)ccc1C. The van der Waals surface area contributed by atoms with E-state index in [-0.39, 0.29) is 10.8 Å². The van der Waals surface area contributed by atoms with E-state index >= 15 is 0 Å². The Morgan fingerprint density at radius 2 is 1.78 bits per heavy atom. The number of rotatable bonds is 5. The monoisotopic (exact) mass is 332 g/mol. The van der Waals surface area contributed by atoms with Gasteiger partial charge in [0.25, 0.3) is 10.0 Å². The second-order valence-electron chi connectivity index (χ2n) is 5.17. The van der Waals surface area contributed by atoms with E-state index in [1.807, 2.05) is 6.07 Å². The summed E-state index contributed by atoms with van der Waals surface area (Å²) in [7, 11) is -3.71. The van der Waals surface area contributed by atoms with Crippen LogP contribution in [0.4, 0.5) is 11.4 Å². The van der Waals surface area contributed by atoms with Crippen molar-refractivity contribution in [2.24, 2.45) is 0 Å². The van der Waals surface area contributed by atoms with Gasteiger partial charge in [0.05, 0.1) is 10.6 Å². The average Bonchev–Trinajstić information content (AvgIpc) is 2.50. The van der Waals surface area contributed by atoms with Crippen LogP contribution in [0.15, 0.2) is 53.4 Å². The quantitative estimate of drug-likeness (QED) is 0.914. The van der Waals surface area contributed by atoms with Crippen LogP contribution in [-0.4, -0.2) is 20.9 Å². The molecule has 0 unspecified atom stereocenters. The van der Waals surface area contributed by atoms with Crippen molar-refractivity contribution in [1.29, 1.82) is 0 Å². The second-order valence-corrected chi connectivity index (χ2v) is 7.00. The van der Waals surface area contributed by atoms with E-state index in [1.165, 1.54) is 17.3 Å². The highest BCUT2D eigenvalue weighted by atomic mass is 32.2. The summed E-state index contributed by atoms with van der Waals surface area (Å²) in [5.74, 6) is -0.243. The molecule has 0 aromatic heterocycles. The number of sulfonamides is 1. The first-order chi connectivity index (χ1) is 10.9. The van der Waals surface area contributed by atoms with Gasteiger partial charge >= 0.3 is 0 Å². The largest absolute Gasteiger partial charge is 0.326 e. The summed E-state index contributed by atoms with van der Waals surface area (Å²) >= 11 is 0. The summed E-state index contributed by atoms with van der Waals surface area (Å²) in [5, 5.41) is 2.62. The van der Waals surface area contributed by atoms with Gasteiger partial charge in [0, 0.05) is 19.2 Å². The fourth-order valence-corrected chi connectivity index (χ4v) is 4.09. The third-order valence-electron chi connectivity index (χ3n) is 3.41. The number of carbonyl (C=O) groups is 1. The first kappa shape index (κ1) is 17.0. The molecule has 2 aromatic rings. The van der Waals surface area contributed by atoms with Crippen molar-refractivity contribution in [2.75, 3.05) is 16.2 Å². The number of hydrogen-bond donors (Lipinski definition) is 1. The van der Waals surface area contributed by atoms with Crippen LogP contribution in [0.25, 0.3) is 0 Å². The van der Waals surface area contributed by atoms with E-state index in [0.29, 0.717) is 23.5 Å². The van der Waals surface area contributed by atoms with Crippen LogP contribution in [0.3, 0.4) is 0 Å². The Labute approximate surface area is 137 Å². The number of amides is 1. The van der Waals surface area contributed by atoms with Gasteiger partial charge in [-0.25, -0.2) is 8.42 Å². The van der Waals surface area contributed by atoms with Gasteiger partial charge in [-0.05, 0) is 43.7 Å². The summed E-state index contributed by atoms with van der Waals surface area (Å²) < 4.78 is 27.4. The van der Waals surface area contributed by atoms with Gasteiger partial charge in [0.2, 0.25) is 5.91 Å². The highest BCUT2D eigenvalue weighted by Gasteiger charge is 2.25. The van der Waals surface area contributed by atoms with Crippen LogP contribution in [0.2, 0.25) is 0 Å². The van der Waals surface area contributed by atoms with Crippen LogP contribution in [0.1, 0.15) is 19.4 Å². The zero-order chi connectivity index (χ0) is 17.0. The molecule has 0 atom stereocenters. The summed E-state index contributed by atoms with van der Waals surface area (Å²) in [5.41, 5.74) is 1.71. The third-order valence-corrected chi connectivity index (χ3v) is 5.45. The molecule has 2 aromatic carbocycles. The molecule has 6 heteroatoms. The summed E-state index contributed by atoms with van der Waals surface area (Å²) in [6.45, 7) is 5.23. The maximum Gasteiger partial charge on any atom is 0.264 e. The molecule has 1 N–H and O–H groups in total. The maximum absolute atomic E-state index is 13.0. The number of benzene rings is 2. The second kappa shape index (κ2) is 6.83. The molecular formula is C17H20N2O3S. The molecule has 0 saturated carbocycles. The minimum absolute atomic E-state index is 0.189. The normalized spacial score (nSPS) is 11.1. The van der Waals surface area contributed by atoms with Crippen molar-refractivity contribution in [2.45, 2.75) is 25.7 Å². The fourth-order valence-electron chi connectivity index (χ4n) is 2.36. The Hall–Kier alpha value is -2.34. The topological polar surface area (TPSA) is 66.5 Å². The number of para-hydroxylation sites is 1. The molecule has 0 spiro atoms. The Balaban J connectivity index is 2.51. The lowest BCUT2D eigenvalue weighted by atomic mass is 10.2. The predicted octanol–water partition coefficient (Wildman–Crippen LogP) is 3.17. The van der Waals surface area contributed by atoms with E-state index in [9.17, 15) is 13.2 Å². The lowest BCUT2D eigenvalue weighted by Gasteiger charge is -2.24. The lowest BCUT2D eigenvalue weighted by Crippen LogP contribution is -2.31. The lowest BCUT2D eigenvalue weighted by molar-refractivity contribution is -0.114. The van der Waals surface area contributed by atoms with Crippen molar-refractivity contribution < 1.29 is 13.2 Å². The number of nitrogens with one attached hydrogen (secondary N) is 1. The van der Waals surface area contributed by atoms with Crippen LogP contribution in [0, 0.1) is 6.92 Å². The van der Waals surface area contributed by atoms with E-state index in [4.69, 9.17) is 0 Å². The Morgan fingerprint density at radius 3 is 2.35 bits per heavy atom. The van der Waals surface area contributed by atoms with Crippen LogP contribution in [0.5, 0.6) is 0 Å². The standard InChI is InChI=1S/C17H20N2O3S/c1-4-19(16-8-6-5-7-9-16)23(21,22)17-12-15(18-14(3)20)11-10-13(17)2/h5-12H,4H2,1-3H3,(H,18,20). The van der Waals surface area contributed by atoms with Crippen LogP contribution in [-0.2, 0) is 14.8 Å². The van der Waals surface area contributed by atoms with Gasteiger partial charge in [-0.15, -0.1) is 0 Å². The first-order valence-electron chi connectivity index (χ1n) is 7.32. The minimum atomic E-state index is -3.71. The molecule has 0 heterocycles. The molecule has 0 aliphatic carbocycles. The van der Waals surface area contributed by atoms with Gasteiger partial charge in [-0.3, -0.25) is 9.10 Å². The zero-order valence-electron chi connectivity index (χ0n) is 13.4. The van der Waals surface area contributed by atoms with Gasteiger partial charge < -0.3 is 5.32 Å². The molecule has 0 aliphatic rings. The maximum atomic E-state index is 13.0. The molecule has 5 nitrogen and oxygen atoms in total. The molecule has 122 valence electrons. The Kier molecular flexibility index (Phi) is 5.05. The highest BCUT2D eigenvalue weighted by molar-refractivity contribution is 7.92. The first-order valence-corrected chi connectivity index (χ1v) is 8.76. The molecule has 0 fully saturated rings. The van der Waals surface area contributed by atoms with E-state index < -0.39 is 10.0 Å². The third kappa shape index (κ3) is 3.71. The summed E-state index contributed by atoms with van der Waals surface area (Å²) in [6, 6.07) is 13.8. The number of nitrogens with zero attached hydrogens (tertiary/aromatic N) is 1. The molecule has 1 amide bonds. The molecule has 2 rings (SSSR count). The van der Waals surface area contributed by atoms with Crippen molar-refractivity contribution in [1.82, 2.24) is 0 Å².